The molecular weight excluding hydrogens is 292 g/mol. The van der Waals surface area contributed by atoms with Gasteiger partial charge in [-0.05, 0) is 47.4 Å². The maximum absolute atomic E-state index is 9.18. The van der Waals surface area contributed by atoms with Gasteiger partial charge in [-0.25, -0.2) is 4.98 Å². The Morgan fingerprint density at radius 3 is 3.11 bits per heavy atom. The third-order valence-electron chi connectivity index (χ3n) is 3.41. The number of hydrogen-bond acceptors (Lipinski definition) is 3. The van der Waals surface area contributed by atoms with Crippen molar-refractivity contribution in [2.45, 2.75) is 18.8 Å². The van der Waals surface area contributed by atoms with Gasteiger partial charge < -0.3 is 5.32 Å². The molecule has 5 heteroatoms. The van der Waals surface area contributed by atoms with Crippen molar-refractivity contribution >= 4 is 21.4 Å². The monoisotopic (exact) mass is 304 g/mol. The van der Waals surface area contributed by atoms with E-state index in [0.717, 1.165) is 41.9 Å². The molecule has 0 amide bonds. The van der Waals surface area contributed by atoms with Crippen molar-refractivity contribution in [1.29, 1.82) is 5.26 Å². The number of halogens is 1. The first kappa shape index (κ1) is 11.7. The van der Waals surface area contributed by atoms with Crippen molar-refractivity contribution in [3.63, 3.8) is 0 Å². The number of nitriles is 1. The second kappa shape index (κ2) is 4.71. The van der Waals surface area contributed by atoms with E-state index in [1.165, 1.54) is 0 Å². The van der Waals surface area contributed by atoms with Gasteiger partial charge in [0.2, 0.25) is 0 Å². The van der Waals surface area contributed by atoms with E-state index in [1.807, 2.05) is 18.2 Å². The Labute approximate surface area is 114 Å². The fourth-order valence-electron chi connectivity index (χ4n) is 2.55. The second-order valence-electron chi connectivity index (χ2n) is 4.54. The van der Waals surface area contributed by atoms with Gasteiger partial charge in [0.15, 0.2) is 5.69 Å². The average molecular weight is 305 g/mol. The number of hydrogen-bond donors (Lipinski definition) is 1. The number of fused-ring (bicyclic) bond motifs is 1. The minimum absolute atomic E-state index is 0.382. The Hall–Kier alpha value is -1.38. The van der Waals surface area contributed by atoms with E-state index in [0.29, 0.717) is 11.6 Å². The van der Waals surface area contributed by atoms with Crippen LogP contribution in [0.15, 0.2) is 22.8 Å². The molecule has 0 bridgehead atoms. The normalized spacial score (nSPS) is 19.9. The highest BCUT2D eigenvalue weighted by atomic mass is 79.9. The lowest BCUT2D eigenvalue weighted by atomic mass is 9.99. The van der Waals surface area contributed by atoms with Gasteiger partial charge in [-0.2, -0.15) is 5.26 Å². The molecular formula is C13H13BrN4. The number of imidazole rings is 1. The predicted molar refractivity (Wildman–Crippen MR) is 72.5 cm³/mol. The Balaban J connectivity index is 2.19. The Morgan fingerprint density at radius 2 is 2.39 bits per heavy atom. The maximum atomic E-state index is 9.18. The van der Waals surface area contributed by atoms with E-state index < -0.39 is 0 Å². The highest BCUT2D eigenvalue weighted by Crippen LogP contribution is 2.27. The standard InChI is InChI=1S/C13H13BrN4/c14-12-5-1-4-11-10(7-15)17-13(18(11)12)9-3-2-6-16-8-9/h1,4-5,9,16H,2-3,6,8H2. The van der Waals surface area contributed by atoms with Crippen LogP contribution in [0, 0.1) is 11.3 Å². The van der Waals surface area contributed by atoms with Gasteiger partial charge in [0.1, 0.15) is 11.9 Å². The van der Waals surface area contributed by atoms with Crippen LogP contribution in [-0.2, 0) is 0 Å². The summed E-state index contributed by atoms with van der Waals surface area (Å²) in [6, 6.07) is 8.04. The first-order valence-corrected chi connectivity index (χ1v) is 6.88. The number of rotatable bonds is 1. The topological polar surface area (TPSA) is 53.1 Å². The fraction of sp³-hybridized carbons (Fsp3) is 0.385. The first-order valence-electron chi connectivity index (χ1n) is 6.09. The summed E-state index contributed by atoms with van der Waals surface area (Å²) in [6.45, 7) is 2.01. The van der Waals surface area contributed by atoms with Crippen molar-refractivity contribution in [3.8, 4) is 6.07 Å². The molecule has 4 nitrogen and oxygen atoms in total. The SMILES string of the molecule is N#Cc1nc(C2CCCNC2)n2c(Br)cccc12. The summed E-state index contributed by atoms with van der Waals surface area (Å²) in [5.41, 5.74) is 1.39. The highest BCUT2D eigenvalue weighted by Gasteiger charge is 2.22. The van der Waals surface area contributed by atoms with Crippen molar-refractivity contribution in [2.24, 2.45) is 0 Å². The zero-order valence-corrected chi connectivity index (χ0v) is 11.4. The van der Waals surface area contributed by atoms with Crippen LogP contribution in [0.3, 0.4) is 0 Å². The van der Waals surface area contributed by atoms with Crippen LogP contribution in [0.5, 0.6) is 0 Å². The summed E-state index contributed by atoms with van der Waals surface area (Å²) in [6.07, 6.45) is 2.28. The van der Waals surface area contributed by atoms with Crippen LogP contribution in [-0.4, -0.2) is 22.5 Å². The zero-order valence-electron chi connectivity index (χ0n) is 9.86. The summed E-state index contributed by atoms with van der Waals surface area (Å²) in [5, 5.41) is 12.6. The van der Waals surface area contributed by atoms with Gasteiger partial charge in [0.05, 0.1) is 10.1 Å². The van der Waals surface area contributed by atoms with Crippen LogP contribution in [0.2, 0.25) is 0 Å². The summed E-state index contributed by atoms with van der Waals surface area (Å²) in [7, 11) is 0. The smallest absolute Gasteiger partial charge is 0.166 e. The van der Waals surface area contributed by atoms with E-state index in [1.54, 1.807) is 0 Å². The van der Waals surface area contributed by atoms with Crippen molar-refractivity contribution in [2.75, 3.05) is 13.1 Å². The largest absolute Gasteiger partial charge is 0.316 e. The molecule has 0 aromatic carbocycles. The molecule has 1 unspecified atom stereocenters. The van der Waals surface area contributed by atoms with Gasteiger partial charge in [-0.1, -0.05) is 6.07 Å². The Kier molecular flexibility index (Phi) is 3.06. The molecule has 1 saturated heterocycles. The van der Waals surface area contributed by atoms with Crippen molar-refractivity contribution < 1.29 is 0 Å². The minimum atomic E-state index is 0.382. The van der Waals surface area contributed by atoms with Gasteiger partial charge >= 0.3 is 0 Å². The quantitative estimate of drug-likeness (QED) is 0.823. The summed E-state index contributed by atoms with van der Waals surface area (Å²) in [5.74, 6) is 1.37. The molecule has 0 saturated carbocycles. The van der Waals surface area contributed by atoms with Crippen molar-refractivity contribution in [3.05, 3.63) is 34.3 Å². The molecule has 1 atom stereocenters. The summed E-state index contributed by atoms with van der Waals surface area (Å²) < 4.78 is 3.01. The molecule has 0 spiro atoms. The zero-order chi connectivity index (χ0) is 12.5. The number of nitrogens with one attached hydrogen (secondary N) is 1. The molecule has 3 heterocycles. The molecule has 3 rings (SSSR count). The van der Waals surface area contributed by atoms with Gasteiger partial charge in [-0.15, -0.1) is 0 Å². The van der Waals surface area contributed by atoms with Gasteiger partial charge in [0.25, 0.3) is 0 Å². The minimum Gasteiger partial charge on any atom is -0.316 e. The number of nitrogens with zero attached hydrogens (tertiary/aromatic N) is 3. The molecule has 1 aliphatic heterocycles. The number of aromatic nitrogens is 2. The van der Waals surface area contributed by atoms with Crippen LogP contribution >= 0.6 is 15.9 Å². The first-order chi connectivity index (χ1) is 8.81. The van der Waals surface area contributed by atoms with Crippen LogP contribution in [0.25, 0.3) is 5.52 Å². The predicted octanol–water partition coefficient (Wildman–Crippen LogP) is 2.44. The van der Waals surface area contributed by atoms with E-state index in [2.05, 4.69) is 36.7 Å². The molecule has 1 aliphatic rings. The molecule has 1 N–H and O–H groups in total. The Morgan fingerprint density at radius 1 is 1.50 bits per heavy atom. The lowest BCUT2D eigenvalue weighted by molar-refractivity contribution is 0.445. The molecule has 92 valence electrons. The second-order valence-corrected chi connectivity index (χ2v) is 5.36. The van der Waals surface area contributed by atoms with Crippen LogP contribution in [0.1, 0.15) is 30.3 Å². The third-order valence-corrected chi connectivity index (χ3v) is 4.03. The molecule has 0 aliphatic carbocycles. The number of piperidine rings is 1. The van der Waals surface area contributed by atoms with E-state index in [4.69, 9.17) is 0 Å². The maximum Gasteiger partial charge on any atom is 0.166 e. The lowest BCUT2D eigenvalue weighted by Gasteiger charge is -2.21. The summed E-state index contributed by atoms with van der Waals surface area (Å²) >= 11 is 3.55. The van der Waals surface area contributed by atoms with Crippen LogP contribution in [0.4, 0.5) is 0 Å². The average Bonchev–Trinajstić information content (AvgIpc) is 2.80. The van der Waals surface area contributed by atoms with E-state index in [9.17, 15) is 5.26 Å². The third kappa shape index (κ3) is 1.82. The van der Waals surface area contributed by atoms with E-state index in [-0.39, 0.29) is 0 Å². The van der Waals surface area contributed by atoms with E-state index >= 15 is 0 Å². The lowest BCUT2D eigenvalue weighted by Crippen LogP contribution is -2.29. The highest BCUT2D eigenvalue weighted by molar-refractivity contribution is 9.10. The van der Waals surface area contributed by atoms with Gasteiger partial charge in [0, 0.05) is 12.5 Å². The molecule has 2 aromatic heterocycles. The molecule has 1 fully saturated rings. The molecule has 0 radical (unpaired) electrons. The summed E-state index contributed by atoms with van der Waals surface area (Å²) in [4.78, 5) is 4.52. The van der Waals surface area contributed by atoms with Crippen molar-refractivity contribution in [1.82, 2.24) is 14.7 Å². The van der Waals surface area contributed by atoms with Crippen LogP contribution < -0.4 is 5.32 Å². The van der Waals surface area contributed by atoms with Gasteiger partial charge in [-0.3, -0.25) is 4.40 Å². The molecule has 18 heavy (non-hydrogen) atoms. The molecule has 2 aromatic rings. The number of pyridine rings is 1. The fourth-order valence-corrected chi connectivity index (χ4v) is 3.08. The Bertz CT molecular complexity index is 620.